The molecule has 1 aliphatic carbocycles. The maximum atomic E-state index is 12.3. The lowest BCUT2D eigenvalue weighted by molar-refractivity contribution is -0.141. The molecule has 0 aromatic rings. The highest BCUT2D eigenvalue weighted by Crippen LogP contribution is 2.31. The van der Waals surface area contributed by atoms with Gasteiger partial charge in [-0.3, -0.25) is 4.79 Å². The quantitative estimate of drug-likeness (QED) is 0.727. The van der Waals surface area contributed by atoms with Crippen molar-refractivity contribution in [2.75, 3.05) is 19.6 Å². The number of amides is 1. The third kappa shape index (κ3) is 2.94. The normalized spacial score (nSPS) is 19.7. The molecule has 1 fully saturated rings. The number of nitrogens with zero attached hydrogens (tertiary/aromatic N) is 1. The van der Waals surface area contributed by atoms with E-state index in [0.29, 0.717) is 6.54 Å². The summed E-state index contributed by atoms with van der Waals surface area (Å²) in [5.74, 6) is 0.995. The van der Waals surface area contributed by atoms with Crippen LogP contribution in [0.5, 0.6) is 0 Å². The molecule has 0 saturated heterocycles. The zero-order chi connectivity index (χ0) is 11.5. The molecule has 88 valence electrons. The number of hydrogen-bond donors (Lipinski definition) is 1. The number of hydrogen-bond acceptors (Lipinski definition) is 2. The molecular formula is C12H24N2O. The van der Waals surface area contributed by atoms with E-state index in [1.54, 1.807) is 0 Å². The largest absolute Gasteiger partial charge is 0.342 e. The fraction of sp³-hybridized carbons (Fsp3) is 0.917. The number of carbonyl (C=O) groups is 1. The zero-order valence-electron chi connectivity index (χ0n) is 10.3. The highest BCUT2D eigenvalue weighted by molar-refractivity contribution is 5.82. The third-order valence-corrected chi connectivity index (χ3v) is 3.59. The van der Waals surface area contributed by atoms with Crippen molar-refractivity contribution in [1.82, 2.24) is 4.90 Å². The number of nitrogens with two attached hydrogens (primary N) is 1. The highest BCUT2D eigenvalue weighted by Gasteiger charge is 2.35. The molecule has 1 amide bonds. The van der Waals surface area contributed by atoms with Crippen molar-refractivity contribution >= 4 is 5.91 Å². The van der Waals surface area contributed by atoms with E-state index >= 15 is 0 Å². The summed E-state index contributed by atoms with van der Waals surface area (Å²) in [7, 11) is 0. The molecule has 1 aliphatic rings. The summed E-state index contributed by atoms with van der Waals surface area (Å²) < 4.78 is 0. The van der Waals surface area contributed by atoms with Crippen LogP contribution in [0.1, 0.15) is 40.0 Å². The Kier molecular flexibility index (Phi) is 4.14. The SMILES string of the molecule is CCN(CC1CC1)C(=O)C(C)(CC)CN. The Balaban J connectivity index is 2.60. The second-order valence-corrected chi connectivity index (χ2v) is 4.91. The average Bonchev–Trinajstić information content (AvgIpc) is 3.07. The van der Waals surface area contributed by atoms with E-state index in [9.17, 15) is 4.79 Å². The maximum absolute atomic E-state index is 12.3. The third-order valence-electron chi connectivity index (χ3n) is 3.59. The first-order valence-electron chi connectivity index (χ1n) is 6.06. The van der Waals surface area contributed by atoms with Gasteiger partial charge >= 0.3 is 0 Å². The smallest absolute Gasteiger partial charge is 0.229 e. The van der Waals surface area contributed by atoms with E-state index in [0.717, 1.165) is 25.4 Å². The van der Waals surface area contributed by atoms with Crippen LogP contribution < -0.4 is 5.73 Å². The summed E-state index contributed by atoms with van der Waals surface area (Å²) in [4.78, 5) is 14.2. The van der Waals surface area contributed by atoms with Crippen LogP contribution >= 0.6 is 0 Å². The van der Waals surface area contributed by atoms with E-state index in [1.165, 1.54) is 12.8 Å². The summed E-state index contributed by atoms with van der Waals surface area (Å²) in [6.07, 6.45) is 3.40. The summed E-state index contributed by atoms with van der Waals surface area (Å²) in [6.45, 7) is 8.26. The average molecular weight is 212 g/mol. The van der Waals surface area contributed by atoms with Gasteiger partial charge in [0.2, 0.25) is 5.91 Å². The molecule has 2 N–H and O–H groups in total. The number of carbonyl (C=O) groups excluding carboxylic acids is 1. The minimum absolute atomic E-state index is 0.238. The summed E-state index contributed by atoms with van der Waals surface area (Å²) >= 11 is 0. The molecular weight excluding hydrogens is 188 g/mol. The highest BCUT2D eigenvalue weighted by atomic mass is 16.2. The molecule has 0 bridgehead atoms. The second-order valence-electron chi connectivity index (χ2n) is 4.91. The minimum Gasteiger partial charge on any atom is -0.342 e. The van der Waals surface area contributed by atoms with Gasteiger partial charge < -0.3 is 10.6 Å². The van der Waals surface area contributed by atoms with Crippen molar-refractivity contribution in [2.45, 2.75) is 40.0 Å². The van der Waals surface area contributed by atoms with Crippen molar-refractivity contribution in [3.63, 3.8) is 0 Å². The molecule has 1 atom stereocenters. The Morgan fingerprint density at radius 2 is 2.07 bits per heavy atom. The van der Waals surface area contributed by atoms with Gasteiger partial charge in [-0.05, 0) is 39.0 Å². The van der Waals surface area contributed by atoms with E-state index in [2.05, 4.69) is 0 Å². The van der Waals surface area contributed by atoms with Crippen LogP contribution in [0.3, 0.4) is 0 Å². The molecule has 3 heteroatoms. The molecule has 3 nitrogen and oxygen atoms in total. The molecule has 0 aromatic carbocycles. The lowest BCUT2D eigenvalue weighted by atomic mass is 9.86. The van der Waals surface area contributed by atoms with Gasteiger partial charge in [-0.2, -0.15) is 0 Å². The van der Waals surface area contributed by atoms with Crippen LogP contribution in [-0.2, 0) is 4.79 Å². The van der Waals surface area contributed by atoms with E-state index < -0.39 is 0 Å². The minimum atomic E-state index is -0.356. The van der Waals surface area contributed by atoms with E-state index in [-0.39, 0.29) is 11.3 Å². The summed E-state index contributed by atoms with van der Waals surface area (Å²) in [5, 5.41) is 0. The maximum Gasteiger partial charge on any atom is 0.229 e. The predicted molar refractivity (Wildman–Crippen MR) is 62.4 cm³/mol. The van der Waals surface area contributed by atoms with Gasteiger partial charge in [0, 0.05) is 19.6 Å². The van der Waals surface area contributed by atoms with E-state index in [4.69, 9.17) is 5.73 Å². The predicted octanol–water partition coefficient (Wildman–Crippen LogP) is 1.62. The molecule has 1 unspecified atom stereocenters. The lowest BCUT2D eigenvalue weighted by Gasteiger charge is -2.32. The van der Waals surface area contributed by atoms with Crippen LogP contribution in [0.2, 0.25) is 0 Å². The van der Waals surface area contributed by atoms with Gasteiger partial charge in [-0.1, -0.05) is 6.92 Å². The van der Waals surface area contributed by atoms with Crippen molar-refractivity contribution in [3.05, 3.63) is 0 Å². The molecule has 1 saturated carbocycles. The van der Waals surface area contributed by atoms with Crippen LogP contribution in [0.25, 0.3) is 0 Å². The van der Waals surface area contributed by atoms with Gasteiger partial charge in [0.05, 0.1) is 5.41 Å². The molecule has 0 heterocycles. The molecule has 0 aromatic heterocycles. The topological polar surface area (TPSA) is 46.3 Å². The Hall–Kier alpha value is -0.570. The Bertz CT molecular complexity index is 220. The first kappa shape index (κ1) is 12.5. The van der Waals surface area contributed by atoms with Crippen LogP contribution in [-0.4, -0.2) is 30.4 Å². The van der Waals surface area contributed by atoms with Crippen LogP contribution in [0, 0.1) is 11.3 Å². The molecule has 0 spiro atoms. The molecule has 1 rings (SSSR count). The fourth-order valence-corrected chi connectivity index (χ4v) is 1.73. The van der Waals surface area contributed by atoms with Gasteiger partial charge in [-0.15, -0.1) is 0 Å². The fourth-order valence-electron chi connectivity index (χ4n) is 1.73. The molecule has 0 radical (unpaired) electrons. The first-order chi connectivity index (χ1) is 7.07. The summed E-state index contributed by atoms with van der Waals surface area (Å²) in [5.41, 5.74) is 5.35. The van der Waals surface area contributed by atoms with Crippen molar-refractivity contribution in [1.29, 1.82) is 0 Å². The Morgan fingerprint density at radius 3 is 2.40 bits per heavy atom. The van der Waals surface area contributed by atoms with Gasteiger partial charge in [-0.25, -0.2) is 0 Å². The zero-order valence-corrected chi connectivity index (χ0v) is 10.3. The molecule has 15 heavy (non-hydrogen) atoms. The van der Waals surface area contributed by atoms with Crippen molar-refractivity contribution in [3.8, 4) is 0 Å². The van der Waals surface area contributed by atoms with Gasteiger partial charge in [0.25, 0.3) is 0 Å². The van der Waals surface area contributed by atoms with Crippen LogP contribution in [0.4, 0.5) is 0 Å². The van der Waals surface area contributed by atoms with Crippen LogP contribution in [0.15, 0.2) is 0 Å². The monoisotopic (exact) mass is 212 g/mol. The van der Waals surface area contributed by atoms with Gasteiger partial charge in [0.15, 0.2) is 0 Å². The second kappa shape index (κ2) is 4.97. The molecule has 0 aliphatic heterocycles. The number of rotatable bonds is 6. The van der Waals surface area contributed by atoms with Crippen molar-refractivity contribution < 1.29 is 4.79 Å². The van der Waals surface area contributed by atoms with Crippen molar-refractivity contribution in [2.24, 2.45) is 17.1 Å². The lowest BCUT2D eigenvalue weighted by Crippen LogP contribution is -2.46. The van der Waals surface area contributed by atoms with Gasteiger partial charge in [0.1, 0.15) is 0 Å². The summed E-state index contributed by atoms with van der Waals surface area (Å²) in [6, 6.07) is 0. The Labute approximate surface area is 93.0 Å². The standard InChI is InChI=1S/C12H24N2O/c1-4-12(3,9-13)11(15)14(5-2)8-10-6-7-10/h10H,4-9,13H2,1-3H3. The first-order valence-corrected chi connectivity index (χ1v) is 6.06. The Morgan fingerprint density at radius 1 is 1.47 bits per heavy atom. The van der Waals surface area contributed by atoms with E-state index in [1.807, 2.05) is 25.7 Å².